The van der Waals surface area contributed by atoms with Crippen molar-refractivity contribution in [1.29, 1.82) is 0 Å². The van der Waals surface area contributed by atoms with Crippen molar-refractivity contribution in [3.8, 4) is 11.5 Å². The van der Waals surface area contributed by atoms with E-state index in [1.807, 2.05) is 13.8 Å². The minimum Gasteiger partial charge on any atom is -0.449 e. The Morgan fingerprint density at radius 3 is 2.66 bits per heavy atom. The van der Waals surface area contributed by atoms with Gasteiger partial charge in [0, 0.05) is 37.2 Å². The number of carbonyl (C=O) groups is 1. The van der Waals surface area contributed by atoms with Crippen LogP contribution in [0.4, 0.5) is 11.4 Å². The van der Waals surface area contributed by atoms with Crippen molar-refractivity contribution in [3.63, 3.8) is 0 Å². The maximum atomic E-state index is 12.7. The van der Waals surface area contributed by atoms with Crippen LogP contribution in [-0.4, -0.2) is 32.9 Å². The van der Waals surface area contributed by atoms with Crippen molar-refractivity contribution in [2.24, 2.45) is 0 Å². The molecule has 0 radical (unpaired) electrons. The Balaban J connectivity index is 1.54. The van der Waals surface area contributed by atoms with Crippen molar-refractivity contribution in [2.45, 2.75) is 38.9 Å². The lowest BCUT2D eigenvalue weighted by Crippen LogP contribution is -2.34. The van der Waals surface area contributed by atoms with Gasteiger partial charge < -0.3 is 14.8 Å². The highest BCUT2D eigenvalue weighted by Gasteiger charge is 2.35. The van der Waals surface area contributed by atoms with E-state index < -0.39 is 15.8 Å². The first kappa shape index (κ1) is 19.6. The molecule has 0 fully saturated rings. The molecule has 2 aliphatic heterocycles. The first-order valence-corrected chi connectivity index (χ1v) is 11.5. The summed E-state index contributed by atoms with van der Waals surface area (Å²) < 4.78 is 37.0. The Morgan fingerprint density at radius 1 is 1.17 bits per heavy atom. The highest BCUT2D eigenvalue weighted by Crippen LogP contribution is 2.42. The van der Waals surface area contributed by atoms with E-state index in [1.165, 1.54) is 10.6 Å². The summed E-state index contributed by atoms with van der Waals surface area (Å²) in [6.45, 7) is 4.32. The molecule has 1 N–H and O–H groups in total. The molecule has 2 heterocycles. The predicted octanol–water partition coefficient (Wildman–Crippen LogP) is 3.55. The minimum atomic E-state index is -3.33. The summed E-state index contributed by atoms with van der Waals surface area (Å²) in [6.07, 6.45) is 3.36. The van der Waals surface area contributed by atoms with E-state index in [9.17, 15) is 13.2 Å². The summed E-state index contributed by atoms with van der Waals surface area (Å²) in [5, 5.41) is 2.88. The number of anilines is 2. The number of fused-ring (bicyclic) bond motifs is 2. The number of amides is 1. The van der Waals surface area contributed by atoms with Crippen LogP contribution < -0.4 is 19.1 Å². The Bertz CT molecular complexity index is 1080. The standard InChI is InChI=1S/C21H24N2O5S/c1-4-21(2)27-18-10-8-16(13-19(18)28-21)22-20(24)15-7-9-17-14(12-15)6-5-11-23(17)29(3,25)26/h7-10,12-13H,4-6,11H2,1-3H3,(H,22,24)/t21-/m1/s1. The number of benzene rings is 2. The van der Waals surface area contributed by atoms with E-state index >= 15 is 0 Å². The number of aryl methyl sites for hydroxylation is 1. The van der Waals surface area contributed by atoms with Gasteiger partial charge in [0.25, 0.3) is 5.91 Å². The Labute approximate surface area is 170 Å². The summed E-state index contributed by atoms with van der Waals surface area (Å²) in [5.41, 5.74) is 2.60. The fraction of sp³-hybridized carbons (Fsp3) is 0.381. The molecule has 0 saturated carbocycles. The molecule has 1 amide bonds. The largest absolute Gasteiger partial charge is 0.449 e. The summed E-state index contributed by atoms with van der Waals surface area (Å²) in [4.78, 5) is 12.7. The highest BCUT2D eigenvalue weighted by molar-refractivity contribution is 7.92. The number of sulfonamides is 1. The molecule has 0 aliphatic carbocycles. The van der Waals surface area contributed by atoms with E-state index in [4.69, 9.17) is 9.47 Å². The van der Waals surface area contributed by atoms with Gasteiger partial charge in [0.05, 0.1) is 11.9 Å². The van der Waals surface area contributed by atoms with Crippen molar-refractivity contribution in [1.82, 2.24) is 0 Å². The maximum absolute atomic E-state index is 12.7. The van der Waals surface area contributed by atoms with Crippen LogP contribution in [-0.2, 0) is 16.4 Å². The smallest absolute Gasteiger partial charge is 0.255 e. The lowest BCUT2D eigenvalue weighted by molar-refractivity contribution is -0.0640. The second-order valence-corrected chi connectivity index (χ2v) is 9.50. The molecule has 7 nitrogen and oxygen atoms in total. The van der Waals surface area contributed by atoms with Crippen molar-refractivity contribution in [3.05, 3.63) is 47.5 Å². The molecule has 2 aromatic rings. The molecular formula is C21H24N2O5S. The molecule has 0 bridgehead atoms. The molecule has 2 aromatic carbocycles. The molecule has 0 spiro atoms. The van der Waals surface area contributed by atoms with Gasteiger partial charge in [-0.2, -0.15) is 0 Å². The van der Waals surface area contributed by atoms with E-state index in [1.54, 1.807) is 36.4 Å². The molecule has 0 aromatic heterocycles. The Morgan fingerprint density at radius 2 is 1.93 bits per heavy atom. The topological polar surface area (TPSA) is 84.9 Å². The van der Waals surface area contributed by atoms with Gasteiger partial charge in [-0.15, -0.1) is 0 Å². The lowest BCUT2D eigenvalue weighted by Gasteiger charge is -2.29. The van der Waals surface area contributed by atoms with Crippen LogP contribution in [0.25, 0.3) is 0 Å². The van der Waals surface area contributed by atoms with Crippen molar-refractivity contribution in [2.75, 3.05) is 22.4 Å². The van der Waals surface area contributed by atoms with E-state index in [0.29, 0.717) is 41.4 Å². The second kappa shape index (κ2) is 6.95. The fourth-order valence-corrected chi connectivity index (χ4v) is 4.63. The van der Waals surface area contributed by atoms with E-state index in [-0.39, 0.29) is 5.91 Å². The van der Waals surface area contributed by atoms with Gasteiger partial charge in [0.2, 0.25) is 15.8 Å². The zero-order chi connectivity index (χ0) is 20.8. The third-order valence-electron chi connectivity index (χ3n) is 5.31. The number of rotatable bonds is 4. The van der Waals surface area contributed by atoms with Crippen LogP contribution in [0.5, 0.6) is 11.5 Å². The van der Waals surface area contributed by atoms with E-state index in [0.717, 1.165) is 18.4 Å². The first-order valence-electron chi connectivity index (χ1n) is 9.62. The zero-order valence-electron chi connectivity index (χ0n) is 16.7. The van der Waals surface area contributed by atoms with Crippen LogP contribution in [0.3, 0.4) is 0 Å². The lowest BCUT2D eigenvalue weighted by atomic mass is 10.0. The van der Waals surface area contributed by atoms with Gasteiger partial charge >= 0.3 is 0 Å². The highest BCUT2D eigenvalue weighted by atomic mass is 32.2. The average Bonchev–Trinajstić information content (AvgIpc) is 3.02. The third kappa shape index (κ3) is 3.76. The maximum Gasteiger partial charge on any atom is 0.255 e. The van der Waals surface area contributed by atoms with Crippen LogP contribution in [0.1, 0.15) is 42.6 Å². The summed E-state index contributed by atoms with van der Waals surface area (Å²) >= 11 is 0. The number of carbonyl (C=O) groups excluding carboxylic acids is 1. The Hall–Kier alpha value is -2.74. The van der Waals surface area contributed by atoms with E-state index in [2.05, 4.69) is 5.32 Å². The SMILES string of the molecule is CC[C@]1(C)Oc2ccc(NC(=O)c3ccc4c(c3)CCCN4S(C)(=O)=O)cc2O1. The van der Waals surface area contributed by atoms with Gasteiger partial charge in [-0.25, -0.2) is 8.42 Å². The van der Waals surface area contributed by atoms with Gasteiger partial charge in [-0.1, -0.05) is 6.92 Å². The summed E-state index contributed by atoms with van der Waals surface area (Å²) in [6, 6.07) is 10.4. The molecule has 29 heavy (non-hydrogen) atoms. The summed E-state index contributed by atoms with van der Waals surface area (Å²) in [5.74, 6) is 0.305. The van der Waals surface area contributed by atoms with Gasteiger partial charge in [-0.05, 0) is 48.7 Å². The molecular weight excluding hydrogens is 392 g/mol. The van der Waals surface area contributed by atoms with Gasteiger partial charge in [0.15, 0.2) is 11.5 Å². The number of nitrogens with zero attached hydrogens (tertiary/aromatic N) is 1. The molecule has 4 rings (SSSR count). The second-order valence-electron chi connectivity index (χ2n) is 7.59. The molecule has 0 saturated heterocycles. The number of ether oxygens (including phenoxy) is 2. The fourth-order valence-electron chi connectivity index (χ4n) is 3.63. The molecule has 8 heteroatoms. The predicted molar refractivity (Wildman–Crippen MR) is 111 cm³/mol. The van der Waals surface area contributed by atoms with Crippen LogP contribution in [0, 0.1) is 0 Å². The molecule has 1 atom stereocenters. The average molecular weight is 416 g/mol. The quantitative estimate of drug-likeness (QED) is 0.824. The van der Waals surface area contributed by atoms with Gasteiger partial charge in [-0.3, -0.25) is 9.10 Å². The number of hydrogen-bond acceptors (Lipinski definition) is 5. The van der Waals surface area contributed by atoms with Crippen LogP contribution in [0.15, 0.2) is 36.4 Å². The van der Waals surface area contributed by atoms with Crippen LogP contribution in [0.2, 0.25) is 0 Å². The number of nitrogens with one attached hydrogen (secondary N) is 1. The summed E-state index contributed by atoms with van der Waals surface area (Å²) in [7, 11) is -3.33. The minimum absolute atomic E-state index is 0.263. The van der Waals surface area contributed by atoms with Crippen molar-refractivity contribution >= 4 is 27.3 Å². The number of hydrogen-bond donors (Lipinski definition) is 1. The molecule has 0 unspecified atom stereocenters. The monoisotopic (exact) mass is 416 g/mol. The Kier molecular flexibility index (Phi) is 4.69. The van der Waals surface area contributed by atoms with Crippen LogP contribution >= 0.6 is 0 Å². The normalized spacial score (nSPS) is 20.3. The van der Waals surface area contributed by atoms with Gasteiger partial charge in [0.1, 0.15) is 0 Å². The zero-order valence-corrected chi connectivity index (χ0v) is 17.5. The van der Waals surface area contributed by atoms with Crippen molar-refractivity contribution < 1.29 is 22.7 Å². The third-order valence-corrected chi connectivity index (χ3v) is 6.49. The molecule has 2 aliphatic rings. The molecule has 154 valence electrons. The first-order chi connectivity index (χ1) is 13.7.